The topological polar surface area (TPSA) is 85.1 Å². The number of aromatic nitrogens is 1. The van der Waals surface area contributed by atoms with Gasteiger partial charge in [-0.1, -0.05) is 56.3 Å². The van der Waals surface area contributed by atoms with E-state index < -0.39 is 12.1 Å². The van der Waals surface area contributed by atoms with Crippen molar-refractivity contribution in [2.45, 2.75) is 45.2 Å². The lowest BCUT2D eigenvalue weighted by Crippen LogP contribution is -2.49. The number of ketones is 1. The van der Waals surface area contributed by atoms with Crippen LogP contribution in [0.4, 0.5) is 0 Å². The first-order chi connectivity index (χ1) is 13.9. The van der Waals surface area contributed by atoms with Crippen LogP contribution in [0.2, 0.25) is 0 Å². The Hall–Kier alpha value is -2.57. The number of nitrogens with one attached hydrogen (secondary N) is 1. The number of hydrogen-bond donors (Lipinski definition) is 2. The van der Waals surface area contributed by atoms with E-state index in [0.717, 1.165) is 15.8 Å². The second-order valence-corrected chi connectivity index (χ2v) is 8.70. The van der Waals surface area contributed by atoms with Crippen LogP contribution in [0, 0.1) is 5.92 Å². The molecule has 3 N–H and O–H groups in total. The third-order valence-corrected chi connectivity index (χ3v) is 5.82. The number of carbonyl (C=O) groups excluding carboxylic acids is 2. The molecule has 5 nitrogen and oxygen atoms in total. The lowest BCUT2D eigenvalue weighted by Gasteiger charge is -2.20. The third-order valence-electron chi connectivity index (χ3n) is 4.76. The maximum Gasteiger partial charge on any atom is 0.237 e. The number of thiazole rings is 1. The Labute approximate surface area is 175 Å². The van der Waals surface area contributed by atoms with Crippen LogP contribution in [-0.4, -0.2) is 28.8 Å². The third kappa shape index (κ3) is 5.71. The molecule has 0 unspecified atom stereocenters. The van der Waals surface area contributed by atoms with Crippen molar-refractivity contribution in [3.8, 4) is 0 Å². The number of amides is 1. The van der Waals surface area contributed by atoms with Crippen molar-refractivity contribution < 1.29 is 9.59 Å². The highest BCUT2D eigenvalue weighted by Crippen LogP contribution is 2.23. The molecule has 1 heterocycles. The summed E-state index contributed by atoms with van der Waals surface area (Å²) in [6.07, 6.45) is 1.76. The van der Waals surface area contributed by atoms with Crippen molar-refractivity contribution in [3.63, 3.8) is 0 Å². The second kappa shape index (κ2) is 9.76. The van der Waals surface area contributed by atoms with Gasteiger partial charge in [0.25, 0.3) is 0 Å². The van der Waals surface area contributed by atoms with Gasteiger partial charge in [0.1, 0.15) is 0 Å². The Bertz CT molecular complexity index is 935. The molecular formula is C23H27N3O2S. The Morgan fingerprint density at radius 1 is 1.07 bits per heavy atom. The highest BCUT2D eigenvalue weighted by atomic mass is 32.1. The number of Topliss-reactive ketones (excluding diaryl/α,β-unsaturated/α-hetero) is 1. The van der Waals surface area contributed by atoms with Gasteiger partial charge < -0.3 is 11.1 Å². The molecule has 0 radical (unpaired) electrons. The monoisotopic (exact) mass is 409 g/mol. The molecule has 3 rings (SSSR count). The maximum absolute atomic E-state index is 13.2. The molecule has 0 aliphatic rings. The molecule has 29 heavy (non-hydrogen) atoms. The summed E-state index contributed by atoms with van der Waals surface area (Å²) in [6.45, 7) is 4.04. The van der Waals surface area contributed by atoms with Crippen LogP contribution in [0.15, 0.2) is 54.6 Å². The van der Waals surface area contributed by atoms with Gasteiger partial charge in [-0.3, -0.25) is 9.59 Å². The summed E-state index contributed by atoms with van der Waals surface area (Å²) in [5.41, 5.74) is 7.95. The zero-order valence-corrected chi connectivity index (χ0v) is 17.6. The molecule has 1 aromatic heterocycles. The second-order valence-electron chi connectivity index (χ2n) is 7.67. The molecule has 6 heteroatoms. The van der Waals surface area contributed by atoms with Crippen LogP contribution in [0.1, 0.15) is 42.1 Å². The molecule has 0 fully saturated rings. The van der Waals surface area contributed by atoms with E-state index in [1.54, 1.807) is 0 Å². The van der Waals surface area contributed by atoms with E-state index in [2.05, 4.69) is 10.3 Å². The average Bonchev–Trinajstić information content (AvgIpc) is 3.15. The first kappa shape index (κ1) is 21.1. The van der Waals surface area contributed by atoms with Crippen LogP contribution >= 0.6 is 11.3 Å². The van der Waals surface area contributed by atoms with Gasteiger partial charge in [-0.15, -0.1) is 11.3 Å². The normalized spacial score (nSPS) is 13.4. The number of rotatable bonds is 9. The van der Waals surface area contributed by atoms with E-state index in [9.17, 15) is 9.59 Å². The Morgan fingerprint density at radius 3 is 2.45 bits per heavy atom. The van der Waals surface area contributed by atoms with E-state index in [1.807, 2.05) is 68.4 Å². The molecule has 152 valence electrons. The van der Waals surface area contributed by atoms with E-state index in [0.29, 0.717) is 30.2 Å². The summed E-state index contributed by atoms with van der Waals surface area (Å²) in [5.74, 6) is -0.142. The largest absolute Gasteiger partial charge is 0.344 e. The maximum atomic E-state index is 13.2. The predicted molar refractivity (Wildman–Crippen MR) is 118 cm³/mol. The summed E-state index contributed by atoms with van der Waals surface area (Å²) in [4.78, 5) is 30.3. The summed E-state index contributed by atoms with van der Waals surface area (Å²) in [5, 5.41) is 3.31. The van der Waals surface area contributed by atoms with Gasteiger partial charge in [0.2, 0.25) is 11.7 Å². The molecule has 0 saturated heterocycles. The Morgan fingerprint density at radius 2 is 1.76 bits per heavy atom. The smallest absolute Gasteiger partial charge is 0.237 e. The molecule has 0 bridgehead atoms. The molecular weight excluding hydrogens is 382 g/mol. The van der Waals surface area contributed by atoms with Gasteiger partial charge in [0.05, 0.1) is 22.3 Å². The molecule has 0 aliphatic carbocycles. The minimum atomic E-state index is -0.651. The Balaban J connectivity index is 1.78. The molecule has 3 aromatic rings. The molecule has 2 aromatic carbocycles. The van der Waals surface area contributed by atoms with Gasteiger partial charge in [-0.05, 0) is 42.9 Å². The first-order valence-electron chi connectivity index (χ1n) is 9.93. The molecule has 0 spiro atoms. The Kier molecular flexibility index (Phi) is 7.12. The lowest BCUT2D eigenvalue weighted by molar-refractivity contribution is -0.123. The van der Waals surface area contributed by atoms with E-state index in [1.165, 1.54) is 11.3 Å². The fourth-order valence-electron chi connectivity index (χ4n) is 3.24. The first-order valence-corrected chi connectivity index (χ1v) is 10.8. The number of fused-ring (bicyclic) bond motifs is 1. The summed E-state index contributed by atoms with van der Waals surface area (Å²) in [7, 11) is 0. The number of hydrogen-bond acceptors (Lipinski definition) is 5. The van der Waals surface area contributed by atoms with Crippen LogP contribution in [0.5, 0.6) is 0 Å². The minimum Gasteiger partial charge on any atom is -0.344 e. The highest BCUT2D eigenvalue weighted by molar-refractivity contribution is 7.20. The molecule has 0 aliphatic heterocycles. The minimum absolute atomic E-state index is 0.160. The van der Waals surface area contributed by atoms with Gasteiger partial charge >= 0.3 is 0 Å². The van der Waals surface area contributed by atoms with Gasteiger partial charge in [0, 0.05) is 0 Å². The van der Waals surface area contributed by atoms with E-state index in [-0.39, 0.29) is 11.7 Å². The van der Waals surface area contributed by atoms with Gasteiger partial charge in [-0.2, -0.15) is 0 Å². The van der Waals surface area contributed by atoms with Crippen molar-refractivity contribution in [1.82, 2.24) is 10.3 Å². The summed E-state index contributed by atoms with van der Waals surface area (Å²) in [6, 6.07) is 16.3. The van der Waals surface area contributed by atoms with Crippen LogP contribution in [-0.2, 0) is 11.2 Å². The van der Waals surface area contributed by atoms with Crippen molar-refractivity contribution in [2.75, 3.05) is 0 Å². The SMILES string of the molecule is CC(C)C[C@H](N)C(=O)N[C@@H](CCc1ccccc1)C(=O)c1nc2ccccc2s1. The fourth-order valence-corrected chi connectivity index (χ4v) is 4.20. The number of carbonyl (C=O) groups is 2. The fraction of sp³-hybridized carbons (Fsp3) is 0.348. The van der Waals surface area contributed by atoms with Crippen LogP contribution in [0.25, 0.3) is 10.2 Å². The zero-order chi connectivity index (χ0) is 20.8. The van der Waals surface area contributed by atoms with Gasteiger partial charge in [-0.25, -0.2) is 4.98 Å². The van der Waals surface area contributed by atoms with Crippen LogP contribution in [0.3, 0.4) is 0 Å². The lowest BCUT2D eigenvalue weighted by atomic mass is 10.00. The quantitative estimate of drug-likeness (QED) is 0.524. The van der Waals surface area contributed by atoms with E-state index >= 15 is 0 Å². The van der Waals surface area contributed by atoms with Crippen LogP contribution < -0.4 is 11.1 Å². The highest BCUT2D eigenvalue weighted by Gasteiger charge is 2.27. The van der Waals surface area contributed by atoms with E-state index in [4.69, 9.17) is 5.73 Å². The average molecular weight is 410 g/mol. The zero-order valence-electron chi connectivity index (χ0n) is 16.8. The van der Waals surface area contributed by atoms with Crippen molar-refractivity contribution in [1.29, 1.82) is 0 Å². The number of para-hydroxylation sites is 1. The van der Waals surface area contributed by atoms with Crippen molar-refractivity contribution >= 4 is 33.2 Å². The number of benzene rings is 2. The molecule has 2 atom stereocenters. The van der Waals surface area contributed by atoms with Crippen molar-refractivity contribution in [3.05, 3.63) is 65.2 Å². The molecule has 1 amide bonds. The number of aryl methyl sites for hydroxylation is 1. The standard InChI is InChI=1S/C23H27N3O2S/c1-15(2)14-17(24)22(28)25-19(13-12-16-8-4-3-5-9-16)21(27)23-26-18-10-6-7-11-20(18)29-23/h3-11,15,17,19H,12-14,24H2,1-2H3,(H,25,28)/t17-,19-/m0/s1. The van der Waals surface area contributed by atoms with Gasteiger partial charge in [0.15, 0.2) is 5.01 Å². The molecule has 0 saturated carbocycles. The predicted octanol–water partition coefficient (Wildman–Crippen LogP) is 3.97. The van der Waals surface area contributed by atoms with Crippen molar-refractivity contribution in [2.24, 2.45) is 11.7 Å². The number of nitrogens with two attached hydrogens (primary N) is 1. The summed E-state index contributed by atoms with van der Waals surface area (Å²) < 4.78 is 0.959. The number of nitrogens with zero attached hydrogens (tertiary/aromatic N) is 1. The summed E-state index contributed by atoms with van der Waals surface area (Å²) >= 11 is 1.36.